The van der Waals surface area contributed by atoms with Gasteiger partial charge in [0, 0.05) is 25.2 Å². The van der Waals surface area contributed by atoms with Gasteiger partial charge in [-0.25, -0.2) is 0 Å². The van der Waals surface area contributed by atoms with Gasteiger partial charge >= 0.3 is 0 Å². The molecular weight excluding hydrogens is 186 g/mol. The molecule has 0 spiro atoms. The lowest BCUT2D eigenvalue weighted by atomic mass is 9.72. The molecule has 1 fully saturated rings. The van der Waals surface area contributed by atoms with Crippen molar-refractivity contribution in [2.75, 3.05) is 6.54 Å². The smallest absolute Gasteiger partial charge is 0.0658 e. The van der Waals surface area contributed by atoms with Crippen molar-refractivity contribution in [1.82, 2.24) is 15.1 Å². The molecule has 0 saturated heterocycles. The standard InChI is InChI=1S/C12H21N3/c1-9(2)13-8-10-4-5-11(10)12-6-7-15(3)14-12/h6-7,9-11,13H,4-5,8H2,1-3H3. The fraction of sp³-hybridized carbons (Fsp3) is 0.750. The number of nitrogens with one attached hydrogen (secondary N) is 1. The summed E-state index contributed by atoms with van der Waals surface area (Å²) >= 11 is 0. The Bertz CT molecular complexity index is 316. The van der Waals surface area contributed by atoms with Crippen LogP contribution in [-0.2, 0) is 7.05 Å². The Morgan fingerprint density at radius 1 is 1.53 bits per heavy atom. The molecule has 2 atom stereocenters. The Balaban J connectivity index is 1.89. The SMILES string of the molecule is CC(C)NCC1CCC1c1ccn(C)n1. The summed E-state index contributed by atoms with van der Waals surface area (Å²) in [4.78, 5) is 0. The summed E-state index contributed by atoms with van der Waals surface area (Å²) in [5, 5.41) is 8.02. The van der Waals surface area contributed by atoms with Crippen LogP contribution >= 0.6 is 0 Å². The van der Waals surface area contributed by atoms with E-state index in [4.69, 9.17) is 0 Å². The average Bonchev–Trinajstić information content (AvgIpc) is 2.49. The van der Waals surface area contributed by atoms with Crippen LogP contribution in [-0.4, -0.2) is 22.4 Å². The molecule has 0 aromatic carbocycles. The quantitative estimate of drug-likeness (QED) is 0.817. The summed E-state index contributed by atoms with van der Waals surface area (Å²) in [5.41, 5.74) is 1.28. The second-order valence-corrected chi connectivity index (χ2v) is 4.92. The van der Waals surface area contributed by atoms with Gasteiger partial charge in [-0.1, -0.05) is 13.8 Å². The monoisotopic (exact) mass is 207 g/mol. The van der Waals surface area contributed by atoms with E-state index in [1.807, 2.05) is 17.9 Å². The van der Waals surface area contributed by atoms with Gasteiger partial charge in [0.2, 0.25) is 0 Å². The molecule has 3 heteroatoms. The molecule has 1 aliphatic carbocycles. The van der Waals surface area contributed by atoms with Gasteiger partial charge < -0.3 is 5.32 Å². The van der Waals surface area contributed by atoms with Gasteiger partial charge in [-0.2, -0.15) is 5.10 Å². The van der Waals surface area contributed by atoms with Gasteiger partial charge in [-0.15, -0.1) is 0 Å². The fourth-order valence-electron chi connectivity index (χ4n) is 2.22. The van der Waals surface area contributed by atoms with Crippen LogP contribution in [0.5, 0.6) is 0 Å². The molecule has 2 unspecified atom stereocenters. The predicted octanol–water partition coefficient (Wildman–Crippen LogP) is 1.91. The van der Waals surface area contributed by atoms with Crippen LogP contribution in [0.15, 0.2) is 12.3 Å². The van der Waals surface area contributed by atoms with Crippen molar-refractivity contribution in [2.24, 2.45) is 13.0 Å². The third-order valence-electron chi connectivity index (χ3n) is 3.32. The van der Waals surface area contributed by atoms with Crippen LogP contribution in [0.4, 0.5) is 0 Å². The first-order valence-corrected chi connectivity index (χ1v) is 5.89. The molecule has 84 valence electrons. The first-order chi connectivity index (χ1) is 7.16. The van der Waals surface area contributed by atoms with Crippen molar-refractivity contribution >= 4 is 0 Å². The number of aryl methyl sites for hydroxylation is 1. The number of aromatic nitrogens is 2. The highest BCUT2D eigenvalue weighted by atomic mass is 15.2. The molecule has 1 heterocycles. The number of rotatable bonds is 4. The van der Waals surface area contributed by atoms with Gasteiger partial charge in [-0.3, -0.25) is 4.68 Å². The largest absolute Gasteiger partial charge is 0.314 e. The summed E-state index contributed by atoms with van der Waals surface area (Å²) in [6.07, 6.45) is 4.70. The van der Waals surface area contributed by atoms with E-state index in [0.717, 1.165) is 12.5 Å². The molecule has 0 bridgehead atoms. The highest BCUT2D eigenvalue weighted by Crippen LogP contribution is 2.41. The molecule has 15 heavy (non-hydrogen) atoms. The molecule has 1 aromatic rings. The highest BCUT2D eigenvalue weighted by molar-refractivity contribution is 5.12. The van der Waals surface area contributed by atoms with Crippen molar-refractivity contribution in [3.63, 3.8) is 0 Å². The van der Waals surface area contributed by atoms with E-state index in [-0.39, 0.29) is 0 Å². The first kappa shape index (κ1) is 10.7. The van der Waals surface area contributed by atoms with E-state index < -0.39 is 0 Å². The van der Waals surface area contributed by atoms with Gasteiger partial charge in [-0.05, 0) is 31.4 Å². The third-order valence-corrected chi connectivity index (χ3v) is 3.32. The topological polar surface area (TPSA) is 29.9 Å². The van der Waals surface area contributed by atoms with E-state index in [1.165, 1.54) is 18.5 Å². The normalized spacial score (nSPS) is 25.6. The Labute approximate surface area is 91.9 Å². The van der Waals surface area contributed by atoms with E-state index in [2.05, 4.69) is 30.3 Å². The summed E-state index contributed by atoms with van der Waals surface area (Å²) in [5.74, 6) is 1.49. The summed E-state index contributed by atoms with van der Waals surface area (Å²) in [7, 11) is 1.99. The molecule has 0 aliphatic heterocycles. The number of hydrogen-bond acceptors (Lipinski definition) is 2. The maximum absolute atomic E-state index is 4.50. The molecule has 0 radical (unpaired) electrons. The first-order valence-electron chi connectivity index (χ1n) is 5.89. The summed E-state index contributed by atoms with van der Waals surface area (Å²) in [6.45, 7) is 5.54. The molecule has 1 aliphatic rings. The molecule has 1 saturated carbocycles. The number of hydrogen-bond donors (Lipinski definition) is 1. The number of nitrogens with zero attached hydrogens (tertiary/aromatic N) is 2. The molecular formula is C12H21N3. The minimum Gasteiger partial charge on any atom is -0.314 e. The Kier molecular flexibility index (Phi) is 3.10. The van der Waals surface area contributed by atoms with E-state index in [0.29, 0.717) is 12.0 Å². The minimum atomic E-state index is 0.593. The van der Waals surface area contributed by atoms with Crippen LogP contribution < -0.4 is 5.32 Å². The Morgan fingerprint density at radius 3 is 2.80 bits per heavy atom. The fourth-order valence-corrected chi connectivity index (χ4v) is 2.22. The molecule has 1 aromatic heterocycles. The van der Waals surface area contributed by atoms with Gasteiger partial charge in [0.05, 0.1) is 5.69 Å². The van der Waals surface area contributed by atoms with Crippen molar-refractivity contribution in [1.29, 1.82) is 0 Å². The van der Waals surface area contributed by atoms with Crippen LogP contribution in [0, 0.1) is 5.92 Å². The van der Waals surface area contributed by atoms with Crippen molar-refractivity contribution in [2.45, 2.75) is 38.6 Å². The van der Waals surface area contributed by atoms with Gasteiger partial charge in [0.1, 0.15) is 0 Å². The van der Waals surface area contributed by atoms with Crippen LogP contribution in [0.2, 0.25) is 0 Å². The summed E-state index contributed by atoms with van der Waals surface area (Å²) < 4.78 is 1.90. The Hall–Kier alpha value is -0.830. The predicted molar refractivity (Wildman–Crippen MR) is 61.8 cm³/mol. The Morgan fingerprint density at radius 2 is 2.33 bits per heavy atom. The van der Waals surface area contributed by atoms with E-state index >= 15 is 0 Å². The lowest BCUT2D eigenvalue weighted by Crippen LogP contribution is -2.36. The van der Waals surface area contributed by atoms with Crippen LogP contribution in [0.25, 0.3) is 0 Å². The zero-order valence-corrected chi connectivity index (χ0v) is 9.90. The second-order valence-electron chi connectivity index (χ2n) is 4.92. The molecule has 1 N–H and O–H groups in total. The molecule has 2 rings (SSSR count). The zero-order valence-electron chi connectivity index (χ0n) is 9.90. The minimum absolute atomic E-state index is 0.593. The van der Waals surface area contributed by atoms with Gasteiger partial charge in [0.25, 0.3) is 0 Å². The molecule has 0 amide bonds. The van der Waals surface area contributed by atoms with E-state index in [1.54, 1.807) is 0 Å². The van der Waals surface area contributed by atoms with Crippen molar-refractivity contribution in [3.05, 3.63) is 18.0 Å². The van der Waals surface area contributed by atoms with Crippen molar-refractivity contribution < 1.29 is 0 Å². The highest BCUT2D eigenvalue weighted by Gasteiger charge is 2.33. The van der Waals surface area contributed by atoms with Gasteiger partial charge in [0.15, 0.2) is 0 Å². The van der Waals surface area contributed by atoms with E-state index in [9.17, 15) is 0 Å². The maximum Gasteiger partial charge on any atom is 0.0658 e. The van der Waals surface area contributed by atoms with Crippen LogP contribution in [0.3, 0.4) is 0 Å². The van der Waals surface area contributed by atoms with Crippen LogP contribution in [0.1, 0.15) is 38.3 Å². The second kappa shape index (κ2) is 4.35. The zero-order chi connectivity index (χ0) is 10.8. The summed E-state index contributed by atoms with van der Waals surface area (Å²) in [6, 6.07) is 2.75. The average molecular weight is 207 g/mol. The maximum atomic E-state index is 4.50. The lowest BCUT2D eigenvalue weighted by molar-refractivity contribution is 0.235. The lowest BCUT2D eigenvalue weighted by Gasteiger charge is -2.36. The van der Waals surface area contributed by atoms with Crippen molar-refractivity contribution in [3.8, 4) is 0 Å². The third kappa shape index (κ3) is 2.40. The molecule has 3 nitrogen and oxygen atoms in total.